The van der Waals surface area contributed by atoms with Crippen LogP contribution in [0.25, 0.3) is 0 Å². The van der Waals surface area contributed by atoms with Crippen LogP contribution in [-0.2, 0) is 16.4 Å². The molecule has 0 spiro atoms. The molecule has 1 aromatic carbocycles. The maximum Gasteiger partial charge on any atom is 0.240 e. The summed E-state index contributed by atoms with van der Waals surface area (Å²) in [7, 11) is -3.61. The van der Waals surface area contributed by atoms with E-state index in [2.05, 4.69) is 14.7 Å². The van der Waals surface area contributed by atoms with Gasteiger partial charge in [0.15, 0.2) is 0 Å². The molecule has 0 atom stereocenters. The Morgan fingerprint density at radius 1 is 1.43 bits per heavy atom. The van der Waals surface area contributed by atoms with Gasteiger partial charge in [-0.2, -0.15) is 0 Å². The highest BCUT2D eigenvalue weighted by Crippen LogP contribution is 2.25. The fourth-order valence-electron chi connectivity index (χ4n) is 1.81. The Morgan fingerprint density at radius 2 is 2.19 bits per heavy atom. The predicted octanol–water partition coefficient (Wildman–Crippen LogP) is 1.86. The van der Waals surface area contributed by atoms with E-state index in [4.69, 9.17) is 17.3 Å². The van der Waals surface area contributed by atoms with E-state index in [1.807, 2.05) is 0 Å². The second-order valence-corrected chi connectivity index (χ2v) is 6.83. The number of nitrogen functional groups attached to an aromatic ring is 1. The Morgan fingerprint density at radius 3 is 2.81 bits per heavy atom. The minimum Gasteiger partial charge on any atom is -0.398 e. The number of sulfonamides is 1. The van der Waals surface area contributed by atoms with Gasteiger partial charge in [0.25, 0.3) is 0 Å². The van der Waals surface area contributed by atoms with E-state index in [0.717, 1.165) is 5.82 Å². The smallest absolute Gasteiger partial charge is 0.240 e. The molecule has 0 unspecified atom stereocenters. The maximum absolute atomic E-state index is 12.2. The normalized spacial score (nSPS) is 11.7. The van der Waals surface area contributed by atoms with E-state index in [1.165, 1.54) is 12.1 Å². The number of nitrogens with one attached hydrogen (secondary N) is 2. The molecule has 2 rings (SSSR count). The second kappa shape index (κ2) is 6.46. The van der Waals surface area contributed by atoms with Crippen molar-refractivity contribution in [2.75, 3.05) is 12.3 Å². The number of aromatic amines is 1. The number of aryl methyl sites for hydroxylation is 1. The van der Waals surface area contributed by atoms with Crippen molar-refractivity contribution in [2.24, 2.45) is 0 Å². The van der Waals surface area contributed by atoms with E-state index in [0.29, 0.717) is 35.7 Å². The van der Waals surface area contributed by atoms with E-state index in [1.54, 1.807) is 19.3 Å². The number of benzene rings is 1. The first-order chi connectivity index (χ1) is 9.90. The number of anilines is 1. The number of nitrogens with two attached hydrogens (primary N) is 1. The fraction of sp³-hybridized carbons (Fsp3) is 0.308. The molecule has 0 aliphatic heterocycles. The van der Waals surface area contributed by atoms with Gasteiger partial charge in [0.05, 0.1) is 4.90 Å². The lowest BCUT2D eigenvalue weighted by Crippen LogP contribution is -2.25. The van der Waals surface area contributed by atoms with Gasteiger partial charge < -0.3 is 10.7 Å². The summed E-state index contributed by atoms with van der Waals surface area (Å²) in [6.45, 7) is 2.05. The summed E-state index contributed by atoms with van der Waals surface area (Å²) < 4.78 is 26.8. The van der Waals surface area contributed by atoms with Crippen molar-refractivity contribution >= 4 is 27.3 Å². The van der Waals surface area contributed by atoms with E-state index in [9.17, 15) is 8.42 Å². The third-order valence-corrected chi connectivity index (χ3v) is 4.94. The summed E-state index contributed by atoms with van der Waals surface area (Å²) in [6, 6.07) is 2.82. The molecule has 0 bridgehead atoms. The first-order valence-electron chi connectivity index (χ1n) is 6.43. The summed E-state index contributed by atoms with van der Waals surface area (Å²) in [5.74, 6) is 0.830. The van der Waals surface area contributed by atoms with Crippen LogP contribution in [0.1, 0.15) is 17.8 Å². The minimum absolute atomic E-state index is 0.0774. The molecule has 0 aliphatic carbocycles. The first kappa shape index (κ1) is 15.8. The fourth-order valence-corrected chi connectivity index (χ4v) is 3.24. The number of hydrogen-bond acceptors (Lipinski definition) is 4. The highest BCUT2D eigenvalue weighted by molar-refractivity contribution is 7.89. The molecule has 114 valence electrons. The molecule has 4 N–H and O–H groups in total. The Kier molecular flexibility index (Phi) is 4.87. The van der Waals surface area contributed by atoms with Gasteiger partial charge in [0, 0.05) is 36.1 Å². The summed E-state index contributed by atoms with van der Waals surface area (Å²) in [5, 5.41) is 0.339. The van der Waals surface area contributed by atoms with Gasteiger partial charge >= 0.3 is 0 Å². The average molecular weight is 329 g/mol. The molecule has 0 aliphatic rings. The van der Waals surface area contributed by atoms with E-state index >= 15 is 0 Å². The van der Waals surface area contributed by atoms with Crippen LogP contribution in [0, 0.1) is 6.92 Å². The molecule has 0 amide bonds. The molecule has 0 saturated heterocycles. The van der Waals surface area contributed by atoms with Crippen molar-refractivity contribution in [1.29, 1.82) is 0 Å². The second-order valence-electron chi connectivity index (χ2n) is 4.66. The molecule has 1 aromatic heterocycles. The monoisotopic (exact) mass is 328 g/mol. The number of hydrogen-bond donors (Lipinski definition) is 3. The van der Waals surface area contributed by atoms with Crippen molar-refractivity contribution in [2.45, 2.75) is 24.7 Å². The zero-order chi connectivity index (χ0) is 15.5. The number of nitrogens with zero attached hydrogens (tertiary/aromatic N) is 1. The lowest BCUT2D eigenvalue weighted by Gasteiger charge is -2.09. The zero-order valence-electron chi connectivity index (χ0n) is 11.6. The molecule has 6 nitrogen and oxygen atoms in total. The van der Waals surface area contributed by atoms with Crippen LogP contribution >= 0.6 is 11.6 Å². The van der Waals surface area contributed by atoms with Gasteiger partial charge in [-0.15, -0.1) is 0 Å². The SMILES string of the molecule is Cc1c(N)cc(S(=O)(=O)NCCCc2ncc[nH]2)cc1Cl. The van der Waals surface area contributed by atoms with Crippen LogP contribution in [0.4, 0.5) is 5.69 Å². The number of imidazole rings is 1. The Labute approximate surface area is 128 Å². The Hall–Kier alpha value is -1.57. The van der Waals surface area contributed by atoms with Gasteiger partial charge in [0.1, 0.15) is 5.82 Å². The number of halogens is 1. The summed E-state index contributed by atoms with van der Waals surface area (Å²) >= 11 is 5.97. The van der Waals surface area contributed by atoms with Crippen LogP contribution in [0.15, 0.2) is 29.4 Å². The predicted molar refractivity (Wildman–Crippen MR) is 82.7 cm³/mol. The highest BCUT2D eigenvalue weighted by atomic mass is 35.5. The molecule has 2 aromatic rings. The maximum atomic E-state index is 12.2. The first-order valence-corrected chi connectivity index (χ1v) is 8.30. The van der Waals surface area contributed by atoms with Crippen LogP contribution in [-0.4, -0.2) is 24.9 Å². The van der Waals surface area contributed by atoms with Gasteiger partial charge in [-0.25, -0.2) is 18.1 Å². The van der Waals surface area contributed by atoms with Crippen LogP contribution in [0.3, 0.4) is 0 Å². The highest BCUT2D eigenvalue weighted by Gasteiger charge is 2.16. The number of aromatic nitrogens is 2. The summed E-state index contributed by atoms with van der Waals surface area (Å²) in [5.41, 5.74) is 6.78. The molecule has 1 heterocycles. The number of rotatable bonds is 6. The van der Waals surface area contributed by atoms with Crippen molar-refractivity contribution in [3.05, 3.63) is 40.9 Å². The van der Waals surface area contributed by atoms with Crippen LogP contribution < -0.4 is 10.5 Å². The third kappa shape index (κ3) is 3.96. The third-order valence-electron chi connectivity index (χ3n) is 3.11. The molecule has 21 heavy (non-hydrogen) atoms. The molecule has 8 heteroatoms. The minimum atomic E-state index is -3.61. The van der Waals surface area contributed by atoms with E-state index < -0.39 is 10.0 Å². The van der Waals surface area contributed by atoms with Crippen molar-refractivity contribution in [1.82, 2.24) is 14.7 Å². The standard InChI is InChI=1S/C13H17ClN4O2S/c1-9-11(14)7-10(8-12(9)15)21(19,20)18-4-2-3-13-16-5-6-17-13/h5-8,18H,2-4,15H2,1H3,(H,16,17). The topological polar surface area (TPSA) is 101 Å². The molecule has 0 fully saturated rings. The zero-order valence-corrected chi connectivity index (χ0v) is 13.1. The van der Waals surface area contributed by atoms with Gasteiger partial charge in [-0.05, 0) is 31.0 Å². The quantitative estimate of drug-likeness (QED) is 0.556. The number of H-pyrrole nitrogens is 1. The van der Waals surface area contributed by atoms with Crippen LogP contribution in [0.2, 0.25) is 5.02 Å². The Balaban J connectivity index is 1.98. The van der Waals surface area contributed by atoms with Crippen molar-refractivity contribution in [3.63, 3.8) is 0 Å². The largest absolute Gasteiger partial charge is 0.398 e. The van der Waals surface area contributed by atoms with E-state index in [-0.39, 0.29) is 4.90 Å². The summed E-state index contributed by atoms with van der Waals surface area (Å²) in [4.78, 5) is 7.12. The van der Waals surface area contributed by atoms with Crippen molar-refractivity contribution < 1.29 is 8.42 Å². The Bertz CT molecular complexity index is 691. The van der Waals surface area contributed by atoms with Crippen molar-refractivity contribution in [3.8, 4) is 0 Å². The average Bonchev–Trinajstić information content (AvgIpc) is 2.93. The lowest BCUT2D eigenvalue weighted by atomic mass is 10.2. The molecular weight excluding hydrogens is 312 g/mol. The summed E-state index contributed by atoms with van der Waals surface area (Å²) in [6.07, 6.45) is 4.71. The van der Waals surface area contributed by atoms with Gasteiger partial charge in [0.2, 0.25) is 10.0 Å². The van der Waals surface area contributed by atoms with Gasteiger partial charge in [-0.3, -0.25) is 0 Å². The van der Waals surface area contributed by atoms with Crippen LogP contribution in [0.5, 0.6) is 0 Å². The van der Waals surface area contributed by atoms with Gasteiger partial charge in [-0.1, -0.05) is 11.6 Å². The lowest BCUT2D eigenvalue weighted by molar-refractivity contribution is 0.578. The molecule has 0 radical (unpaired) electrons. The molecular formula is C13H17ClN4O2S. The molecule has 0 saturated carbocycles.